The van der Waals surface area contributed by atoms with Crippen molar-refractivity contribution >= 4 is 32.3 Å². The van der Waals surface area contributed by atoms with E-state index >= 15 is 0 Å². The Morgan fingerprint density at radius 1 is 1.19 bits per heavy atom. The van der Waals surface area contributed by atoms with Gasteiger partial charge in [-0.15, -0.1) is 0 Å². The first kappa shape index (κ1) is 22.9. The van der Waals surface area contributed by atoms with Crippen LogP contribution in [0.2, 0.25) is 0 Å². The number of anilines is 1. The molecule has 1 heterocycles. The number of thiazole rings is 1. The van der Waals surface area contributed by atoms with Crippen molar-refractivity contribution in [2.75, 3.05) is 32.6 Å². The summed E-state index contributed by atoms with van der Waals surface area (Å²) in [6.07, 6.45) is 2.15. The standard InChI is InChI=1S/C22H25N3O4S2/c1-16-8-4-5-11-19(16)21(26)20-15-24-22(30-20)23-12-7-13-25(2)31(27,28)18-10-6-9-17(14-18)29-3/h4-6,8-11,14-15H,7,12-13H2,1-3H3,(H,23,24). The van der Waals surface area contributed by atoms with E-state index in [1.54, 1.807) is 31.4 Å². The van der Waals surface area contributed by atoms with Crippen LogP contribution in [0.5, 0.6) is 5.75 Å². The summed E-state index contributed by atoms with van der Waals surface area (Å²) in [6.45, 7) is 2.78. The van der Waals surface area contributed by atoms with Gasteiger partial charge < -0.3 is 10.1 Å². The Hall–Kier alpha value is -2.75. The van der Waals surface area contributed by atoms with E-state index in [2.05, 4.69) is 10.3 Å². The van der Waals surface area contributed by atoms with Crippen LogP contribution in [0.4, 0.5) is 5.13 Å². The maximum absolute atomic E-state index is 12.7. The molecule has 1 aromatic heterocycles. The van der Waals surface area contributed by atoms with E-state index in [0.717, 1.165) is 5.56 Å². The van der Waals surface area contributed by atoms with Crippen molar-refractivity contribution in [3.05, 3.63) is 70.7 Å². The third-order valence-electron chi connectivity index (χ3n) is 4.79. The molecule has 0 unspecified atom stereocenters. The largest absolute Gasteiger partial charge is 0.497 e. The van der Waals surface area contributed by atoms with Crippen LogP contribution in [-0.2, 0) is 10.0 Å². The third kappa shape index (κ3) is 5.49. The van der Waals surface area contributed by atoms with Gasteiger partial charge in [-0.1, -0.05) is 41.7 Å². The number of carbonyl (C=O) groups excluding carboxylic acids is 1. The molecule has 0 atom stereocenters. The zero-order chi connectivity index (χ0) is 22.4. The number of benzene rings is 2. The first-order chi connectivity index (χ1) is 14.8. The van der Waals surface area contributed by atoms with Crippen molar-refractivity contribution in [3.8, 4) is 5.75 Å². The Kier molecular flexibility index (Phi) is 7.42. The first-order valence-corrected chi connectivity index (χ1v) is 12.0. The van der Waals surface area contributed by atoms with Gasteiger partial charge in [0, 0.05) is 31.8 Å². The Morgan fingerprint density at radius 3 is 2.71 bits per heavy atom. The van der Waals surface area contributed by atoms with E-state index in [0.29, 0.717) is 40.8 Å². The van der Waals surface area contributed by atoms with E-state index in [4.69, 9.17) is 4.74 Å². The molecule has 0 bridgehead atoms. The third-order valence-corrected chi connectivity index (χ3v) is 7.60. The zero-order valence-corrected chi connectivity index (χ0v) is 19.3. The molecule has 0 saturated carbocycles. The van der Waals surface area contributed by atoms with Gasteiger partial charge in [-0.25, -0.2) is 17.7 Å². The van der Waals surface area contributed by atoms with Crippen LogP contribution in [0.1, 0.15) is 27.2 Å². The molecule has 2 aromatic carbocycles. The molecule has 31 heavy (non-hydrogen) atoms. The molecular weight excluding hydrogens is 434 g/mol. The summed E-state index contributed by atoms with van der Waals surface area (Å²) >= 11 is 1.29. The minimum atomic E-state index is -3.59. The lowest BCUT2D eigenvalue weighted by Gasteiger charge is -2.17. The number of hydrogen-bond acceptors (Lipinski definition) is 7. The van der Waals surface area contributed by atoms with Gasteiger partial charge in [-0.05, 0) is 31.0 Å². The minimum Gasteiger partial charge on any atom is -0.497 e. The number of ketones is 1. The van der Waals surface area contributed by atoms with Gasteiger partial charge in [0.15, 0.2) is 5.13 Å². The Labute approximate surface area is 186 Å². The smallest absolute Gasteiger partial charge is 0.242 e. The van der Waals surface area contributed by atoms with Gasteiger partial charge in [0.1, 0.15) is 5.75 Å². The highest BCUT2D eigenvalue weighted by atomic mass is 32.2. The molecule has 9 heteroatoms. The molecule has 0 saturated heterocycles. The van der Waals surface area contributed by atoms with Crippen LogP contribution in [0.25, 0.3) is 0 Å². The van der Waals surface area contributed by atoms with Crippen molar-refractivity contribution in [2.24, 2.45) is 0 Å². The SMILES string of the molecule is COc1cccc(S(=O)(=O)N(C)CCCNc2ncc(C(=O)c3ccccc3C)s2)c1. The normalized spacial score (nSPS) is 11.5. The maximum atomic E-state index is 12.7. The molecule has 0 aliphatic carbocycles. The van der Waals surface area contributed by atoms with Gasteiger partial charge in [-0.2, -0.15) is 0 Å². The van der Waals surface area contributed by atoms with Gasteiger partial charge >= 0.3 is 0 Å². The van der Waals surface area contributed by atoms with Gasteiger partial charge in [0.2, 0.25) is 15.8 Å². The molecule has 0 aliphatic rings. The summed E-state index contributed by atoms with van der Waals surface area (Å²) in [6, 6.07) is 13.9. The topological polar surface area (TPSA) is 88.6 Å². The van der Waals surface area contributed by atoms with E-state index in [1.807, 2.05) is 31.2 Å². The number of nitrogens with zero attached hydrogens (tertiary/aromatic N) is 2. The molecule has 0 radical (unpaired) electrons. The summed E-state index contributed by atoms with van der Waals surface area (Å²) in [5.41, 5.74) is 1.60. The second-order valence-corrected chi connectivity index (χ2v) is 10.0. The summed E-state index contributed by atoms with van der Waals surface area (Å²) < 4.78 is 31.8. The number of hydrogen-bond donors (Lipinski definition) is 1. The second-order valence-electron chi connectivity index (χ2n) is 6.96. The summed E-state index contributed by atoms with van der Waals surface area (Å²) in [4.78, 5) is 17.7. The lowest BCUT2D eigenvalue weighted by molar-refractivity contribution is 0.104. The fourth-order valence-corrected chi connectivity index (χ4v) is 5.02. The van der Waals surface area contributed by atoms with Crippen molar-refractivity contribution < 1.29 is 17.9 Å². The highest BCUT2D eigenvalue weighted by molar-refractivity contribution is 7.89. The number of carbonyl (C=O) groups is 1. The average molecular weight is 460 g/mol. The molecule has 0 aliphatic heterocycles. The van der Waals surface area contributed by atoms with Crippen LogP contribution in [0.3, 0.4) is 0 Å². The second kappa shape index (κ2) is 10.0. The van der Waals surface area contributed by atoms with E-state index in [-0.39, 0.29) is 10.7 Å². The molecule has 7 nitrogen and oxygen atoms in total. The van der Waals surface area contributed by atoms with Crippen molar-refractivity contribution in [3.63, 3.8) is 0 Å². The van der Waals surface area contributed by atoms with Crippen LogP contribution in [0.15, 0.2) is 59.6 Å². The number of ether oxygens (including phenoxy) is 1. The highest BCUT2D eigenvalue weighted by Gasteiger charge is 2.21. The highest BCUT2D eigenvalue weighted by Crippen LogP contribution is 2.23. The summed E-state index contributed by atoms with van der Waals surface area (Å²) in [7, 11) is -0.538. The molecule has 1 N–H and O–H groups in total. The number of nitrogens with one attached hydrogen (secondary N) is 1. The molecular formula is C22H25N3O4S2. The number of sulfonamides is 1. The zero-order valence-electron chi connectivity index (χ0n) is 17.7. The van der Waals surface area contributed by atoms with Gasteiger partial charge in [-0.3, -0.25) is 4.79 Å². The Morgan fingerprint density at radius 2 is 1.97 bits per heavy atom. The number of methoxy groups -OCH3 is 1. The van der Waals surface area contributed by atoms with E-state index in [9.17, 15) is 13.2 Å². The number of aromatic nitrogens is 1. The van der Waals surface area contributed by atoms with E-state index < -0.39 is 10.0 Å². The van der Waals surface area contributed by atoms with E-state index in [1.165, 1.54) is 28.8 Å². The summed E-state index contributed by atoms with van der Waals surface area (Å²) in [5.74, 6) is 0.448. The Balaban J connectivity index is 1.53. The number of aryl methyl sites for hydroxylation is 1. The molecule has 164 valence electrons. The number of rotatable bonds is 10. The van der Waals surface area contributed by atoms with Gasteiger partial charge in [0.05, 0.1) is 23.1 Å². The fourth-order valence-electron chi connectivity index (χ4n) is 2.98. The lowest BCUT2D eigenvalue weighted by Crippen LogP contribution is -2.29. The Bertz CT molecular complexity index is 1160. The van der Waals surface area contributed by atoms with Crippen molar-refractivity contribution in [2.45, 2.75) is 18.2 Å². The van der Waals surface area contributed by atoms with Crippen molar-refractivity contribution in [1.29, 1.82) is 0 Å². The van der Waals surface area contributed by atoms with Crippen LogP contribution in [0, 0.1) is 6.92 Å². The maximum Gasteiger partial charge on any atom is 0.242 e. The predicted octanol–water partition coefficient (Wildman–Crippen LogP) is 3.81. The van der Waals surface area contributed by atoms with Gasteiger partial charge in [0.25, 0.3) is 0 Å². The first-order valence-electron chi connectivity index (χ1n) is 9.73. The summed E-state index contributed by atoms with van der Waals surface area (Å²) in [5, 5.41) is 3.80. The minimum absolute atomic E-state index is 0.0484. The lowest BCUT2D eigenvalue weighted by atomic mass is 10.0. The molecule has 3 rings (SSSR count). The fraction of sp³-hybridized carbons (Fsp3) is 0.273. The van der Waals surface area contributed by atoms with Crippen LogP contribution < -0.4 is 10.1 Å². The molecule has 0 fully saturated rings. The average Bonchev–Trinajstić information content (AvgIpc) is 3.25. The monoisotopic (exact) mass is 459 g/mol. The van der Waals surface area contributed by atoms with Crippen LogP contribution in [-0.4, -0.2) is 50.7 Å². The predicted molar refractivity (Wildman–Crippen MR) is 123 cm³/mol. The van der Waals surface area contributed by atoms with Crippen molar-refractivity contribution in [1.82, 2.24) is 9.29 Å². The molecule has 0 spiro atoms. The molecule has 0 amide bonds. The molecule has 3 aromatic rings. The van der Waals surface area contributed by atoms with Crippen LogP contribution >= 0.6 is 11.3 Å². The quantitative estimate of drug-likeness (QED) is 0.366.